The third-order valence-corrected chi connectivity index (χ3v) is 4.57. The Morgan fingerprint density at radius 3 is 2.44 bits per heavy atom. The van der Waals surface area contributed by atoms with Crippen LogP contribution in [0.1, 0.15) is 32.8 Å². The minimum Gasteiger partial charge on any atom is -0.508 e. The van der Waals surface area contributed by atoms with E-state index in [9.17, 15) is 5.11 Å². The van der Waals surface area contributed by atoms with Crippen molar-refractivity contribution in [1.29, 1.82) is 0 Å². The molecule has 0 aromatic heterocycles. The van der Waals surface area contributed by atoms with E-state index in [0.717, 1.165) is 24.0 Å². The molecule has 2 atom stereocenters. The summed E-state index contributed by atoms with van der Waals surface area (Å²) in [5.74, 6) is 1.48. The average Bonchev–Trinajstić information content (AvgIpc) is 2.38. The predicted octanol–water partition coefficient (Wildman–Crippen LogP) is 3.44. The Bertz CT molecular complexity index is 326. The zero-order chi connectivity index (χ0) is 13.4. The maximum absolute atomic E-state index is 9.28. The van der Waals surface area contributed by atoms with Gasteiger partial charge in [0.2, 0.25) is 0 Å². The van der Waals surface area contributed by atoms with Gasteiger partial charge in [-0.05, 0) is 37.1 Å². The topological polar surface area (TPSA) is 32.3 Å². The number of thioether (sulfide) groups is 1. The lowest BCUT2D eigenvalue weighted by atomic mass is 10.1. The Morgan fingerprint density at radius 1 is 1.22 bits per heavy atom. The van der Waals surface area contributed by atoms with Gasteiger partial charge >= 0.3 is 0 Å². The molecule has 0 amide bonds. The van der Waals surface area contributed by atoms with Gasteiger partial charge in [-0.1, -0.05) is 32.9 Å². The summed E-state index contributed by atoms with van der Waals surface area (Å²) in [4.78, 5) is 0. The van der Waals surface area contributed by atoms with Gasteiger partial charge in [0.25, 0.3) is 0 Å². The van der Waals surface area contributed by atoms with Crippen LogP contribution >= 0.6 is 11.8 Å². The van der Waals surface area contributed by atoms with Crippen LogP contribution in [0.5, 0.6) is 5.75 Å². The molecule has 0 spiro atoms. The number of phenolic OH excluding ortho intramolecular Hbond substituents is 1. The molecule has 3 heteroatoms. The zero-order valence-electron chi connectivity index (χ0n) is 11.6. The van der Waals surface area contributed by atoms with E-state index in [-0.39, 0.29) is 0 Å². The molecular weight excluding hydrogens is 242 g/mol. The van der Waals surface area contributed by atoms with Gasteiger partial charge in [0.15, 0.2) is 0 Å². The molecule has 0 aliphatic carbocycles. The number of likely N-dealkylation sites (N-methyl/N-ethyl adjacent to an activating group) is 1. The number of hydrogen-bond donors (Lipinski definition) is 2. The highest BCUT2D eigenvalue weighted by molar-refractivity contribution is 7.99. The van der Waals surface area contributed by atoms with E-state index in [2.05, 4.69) is 26.1 Å². The molecule has 1 rings (SSSR count). The van der Waals surface area contributed by atoms with Crippen LogP contribution in [-0.2, 0) is 6.42 Å². The van der Waals surface area contributed by atoms with E-state index in [4.69, 9.17) is 0 Å². The lowest BCUT2D eigenvalue weighted by Gasteiger charge is -2.19. The van der Waals surface area contributed by atoms with Crippen molar-refractivity contribution in [2.75, 3.05) is 12.3 Å². The zero-order valence-corrected chi connectivity index (χ0v) is 12.5. The van der Waals surface area contributed by atoms with Crippen molar-refractivity contribution >= 4 is 11.8 Å². The second kappa shape index (κ2) is 8.44. The Labute approximate surface area is 115 Å². The largest absolute Gasteiger partial charge is 0.508 e. The van der Waals surface area contributed by atoms with Gasteiger partial charge < -0.3 is 10.4 Å². The van der Waals surface area contributed by atoms with Gasteiger partial charge in [0, 0.05) is 17.0 Å². The number of nitrogens with one attached hydrogen (secondary N) is 1. The second-order valence-corrected chi connectivity index (χ2v) is 6.15. The molecule has 102 valence electrons. The first-order valence-electron chi connectivity index (χ1n) is 6.78. The first-order valence-corrected chi connectivity index (χ1v) is 7.83. The van der Waals surface area contributed by atoms with Crippen LogP contribution in [0.15, 0.2) is 24.3 Å². The lowest BCUT2D eigenvalue weighted by Crippen LogP contribution is -2.33. The smallest absolute Gasteiger partial charge is 0.115 e. The minimum absolute atomic E-state index is 0.340. The SMILES string of the molecule is CCNC(CSC(C)CC)Cc1ccc(O)cc1. The molecule has 1 aromatic rings. The molecule has 0 heterocycles. The first-order chi connectivity index (χ1) is 8.65. The van der Waals surface area contributed by atoms with Crippen molar-refractivity contribution in [2.45, 2.75) is 44.9 Å². The van der Waals surface area contributed by atoms with Crippen molar-refractivity contribution in [3.8, 4) is 5.75 Å². The quantitative estimate of drug-likeness (QED) is 0.756. The highest BCUT2D eigenvalue weighted by Crippen LogP contribution is 2.17. The molecule has 0 saturated carbocycles. The molecular formula is C15H25NOS. The van der Waals surface area contributed by atoms with Crippen LogP contribution in [0, 0.1) is 0 Å². The number of aromatic hydroxyl groups is 1. The Kier molecular flexibility index (Phi) is 7.21. The first kappa shape index (κ1) is 15.4. The molecule has 2 nitrogen and oxygen atoms in total. The summed E-state index contributed by atoms with van der Waals surface area (Å²) in [6, 6.07) is 8.06. The number of hydrogen-bond acceptors (Lipinski definition) is 3. The molecule has 0 aliphatic heterocycles. The van der Waals surface area contributed by atoms with E-state index in [1.807, 2.05) is 23.9 Å². The summed E-state index contributed by atoms with van der Waals surface area (Å²) in [5, 5.41) is 13.6. The van der Waals surface area contributed by atoms with Gasteiger partial charge in [-0.15, -0.1) is 0 Å². The number of rotatable bonds is 8. The number of benzene rings is 1. The van der Waals surface area contributed by atoms with E-state index in [1.165, 1.54) is 12.0 Å². The molecule has 0 aliphatic rings. The van der Waals surface area contributed by atoms with E-state index in [0.29, 0.717) is 11.8 Å². The molecule has 2 unspecified atom stereocenters. The lowest BCUT2D eigenvalue weighted by molar-refractivity contribution is 0.474. The highest BCUT2D eigenvalue weighted by Gasteiger charge is 2.10. The van der Waals surface area contributed by atoms with Gasteiger partial charge in [0.05, 0.1) is 0 Å². The normalized spacial score (nSPS) is 14.4. The maximum Gasteiger partial charge on any atom is 0.115 e. The van der Waals surface area contributed by atoms with Crippen LogP contribution in [0.3, 0.4) is 0 Å². The summed E-state index contributed by atoms with van der Waals surface area (Å²) in [6.07, 6.45) is 2.25. The number of phenols is 1. The summed E-state index contributed by atoms with van der Waals surface area (Å²) in [7, 11) is 0. The summed E-state index contributed by atoms with van der Waals surface area (Å²) >= 11 is 2.03. The van der Waals surface area contributed by atoms with Crippen LogP contribution < -0.4 is 5.32 Å². The molecule has 0 bridgehead atoms. The third kappa shape index (κ3) is 5.78. The predicted molar refractivity (Wildman–Crippen MR) is 81.5 cm³/mol. The molecule has 2 N–H and O–H groups in total. The fraction of sp³-hybridized carbons (Fsp3) is 0.600. The maximum atomic E-state index is 9.28. The van der Waals surface area contributed by atoms with Crippen molar-refractivity contribution in [3.05, 3.63) is 29.8 Å². The molecule has 0 fully saturated rings. The third-order valence-electron chi connectivity index (χ3n) is 3.07. The van der Waals surface area contributed by atoms with E-state index < -0.39 is 0 Å². The standard InChI is InChI=1S/C15H25NOS/c1-4-12(3)18-11-14(16-5-2)10-13-6-8-15(17)9-7-13/h6-9,12,14,16-17H,4-5,10-11H2,1-3H3. The average molecular weight is 267 g/mol. The Morgan fingerprint density at radius 2 is 1.89 bits per heavy atom. The van der Waals surface area contributed by atoms with Crippen molar-refractivity contribution in [2.24, 2.45) is 0 Å². The van der Waals surface area contributed by atoms with E-state index >= 15 is 0 Å². The fourth-order valence-corrected chi connectivity index (χ4v) is 2.83. The summed E-state index contributed by atoms with van der Waals surface area (Å²) in [5.41, 5.74) is 1.28. The fourth-order valence-electron chi connectivity index (χ4n) is 1.79. The molecule has 1 aromatic carbocycles. The highest BCUT2D eigenvalue weighted by atomic mass is 32.2. The molecule has 0 radical (unpaired) electrons. The Hall–Kier alpha value is -0.670. The summed E-state index contributed by atoms with van der Waals surface area (Å²) in [6.45, 7) is 7.68. The molecule has 18 heavy (non-hydrogen) atoms. The van der Waals surface area contributed by atoms with Crippen LogP contribution in [0.25, 0.3) is 0 Å². The molecule has 0 saturated heterocycles. The van der Waals surface area contributed by atoms with Crippen LogP contribution in [0.2, 0.25) is 0 Å². The van der Waals surface area contributed by atoms with Gasteiger partial charge in [0.1, 0.15) is 5.75 Å². The van der Waals surface area contributed by atoms with E-state index in [1.54, 1.807) is 12.1 Å². The van der Waals surface area contributed by atoms with Crippen molar-refractivity contribution in [3.63, 3.8) is 0 Å². The van der Waals surface area contributed by atoms with Gasteiger partial charge in [-0.3, -0.25) is 0 Å². The van der Waals surface area contributed by atoms with Crippen LogP contribution in [0.4, 0.5) is 0 Å². The van der Waals surface area contributed by atoms with Gasteiger partial charge in [-0.25, -0.2) is 0 Å². The van der Waals surface area contributed by atoms with Crippen LogP contribution in [-0.4, -0.2) is 28.7 Å². The minimum atomic E-state index is 0.340. The van der Waals surface area contributed by atoms with Crippen molar-refractivity contribution in [1.82, 2.24) is 5.32 Å². The van der Waals surface area contributed by atoms with Gasteiger partial charge in [-0.2, -0.15) is 11.8 Å². The van der Waals surface area contributed by atoms with Crippen molar-refractivity contribution < 1.29 is 5.11 Å². The monoisotopic (exact) mass is 267 g/mol. The summed E-state index contributed by atoms with van der Waals surface area (Å²) < 4.78 is 0. The second-order valence-electron chi connectivity index (χ2n) is 4.68. The Balaban J connectivity index is 2.48.